The molecular formula is C14H19N3O3. The minimum absolute atomic E-state index is 0.0247. The third-order valence-electron chi connectivity index (χ3n) is 3.38. The van der Waals surface area contributed by atoms with E-state index >= 15 is 0 Å². The Morgan fingerprint density at radius 1 is 1.45 bits per heavy atom. The number of hydrogen-bond donors (Lipinski definition) is 2. The number of hydrogen-bond acceptors (Lipinski definition) is 4. The van der Waals surface area contributed by atoms with Crippen molar-refractivity contribution in [2.24, 2.45) is 10.9 Å². The zero-order chi connectivity index (χ0) is 14.5. The van der Waals surface area contributed by atoms with Gasteiger partial charge in [0.15, 0.2) is 5.84 Å². The number of benzene rings is 1. The summed E-state index contributed by atoms with van der Waals surface area (Å²) in [6.07, 6.45) is 2.20. The van der Waals surface area contributed by atoms with Gasteiger partial charge in [-0.25, -0.2) is 0 Å². The Balaban J connectivity index is 2.00. The highest BCUT2D eigenvalue weighted by molar-refractivity contribution is 5.99. The number of oxime groups is 1. The van der Waals surface area contributed by atoms with Crippen LogP contribution in [0.25, 0.3) is 0 Å². The fourth-order valence-corrected chi connectivity index (χ4v) is 2.24. The van der Waals surface area contributed by atoms with E-state index in [1.807, 2.05) is 0 Å². The SMILES string of the molecule is CN(CC1CCCO1)C(=O)c1ccc(C(N)=NO)cc1. The van der Waals surface area contributed by atoms with Crippen molar-refractivity contribution < 1.29 is 14.7 Å². The van der Waals surface area contributed by atoms with Crippen LogP contribution in [0.2, 0.25) is 0 Å². The lowest BCUT2D eigenvalue weighted by molar-refractivity contribution is 0.0587. The zero-order valence-electron chi connectivity index (χ0n) is 11.5. The van der Waals surface area contributed by atoms with Crippen LogP contribution in [0.15, 0.2) is 29.4 Å². The van der Waals surface area contributed by atoms with Crippen LogP contribution >= 0.6 is 0 Å². The van der Waals surface area contributed by atoms with Crippen molar-refractivity contribution in [2.45, 2.75) is 18.9 Å². The van der Waals surface area contributed by atoms with Crippen LogP contribution in [0.3, 0.4) is 0 Å². The van der Waals surface area contributed by atoms with Crippen molar-refractivity contribution in [3.63, 3.8) is 0 Å². The average molecular weight is 277 g/mol. The summed E-state index contributed by atoms with van der Waals surface area (Å²) >= 11 is 0. The Bertz CT molecular complexity index is 493. The number of ether oxygens (including phenoxy) is 1. The van der Waals surface area contributed by atoms with Crippen LogP contribution in [0.5, 0.6) is 0 Å². The molecule has 0 aromatic heterocycles. The second-order valence-electron chi connectivity index (χ2n) is 4.88. The van der Waals surface area contributed by atoms with E-state index in [2.05, 4.69) is 5.16 Å². The van der Waals surface area contributed by atoms with Gasteiger partial charge in [-0.1, -0.05) is 17.3 Å². The topological polar surface area (TPSA) is 88.2 Å². The van der Waals surface area contributed by atoms with Gasteiger partial charge in [0.25, 0.3) is 5.91 Å². The zero-order valence-corrected chi connectivity index (χ0v) is 11.5. The molecule has 6 nitrogen and oxygen atoms in total. The van der Waals surface area contributed by atoms with Crippen molar-refractivity contribution in [1.82, 2.24) is 4.90 Å². The molecule has 6 heteroatoms. The van der Waals surface area contributed by atoms with Crippen LogP contribution in [-0.2, 0) is 4.74 Å². The van der Waals surface area contributed by atoms with Gasteiger partial charge >= 0.3 is 0 Å². The molecule has 2 rings (SSSR count). The number of amides is 1. The predicted octanol–water partition coefficient (Wildman–Crippen LogP) is 1.03. The minimum Gasteiger partial charge on any atom is -0.409 e. The molecule has 1 fully saturated rings. The van der Waals surface area contributed by atoms with Gasteiger partial charge in [0, 0.05) is 31.3 Å². The molecular weight excluding hydrogens is 258 g/mol. The molecule has 0 spiro atoms. The first-order chi connectivity index (χ1) is 9.61. The first kappa shape index (κ1) is 14.3. The first-order valence-corrected chi connectivity index (χ1v) is 6.57. The lowest BCUT2D eigenvalue weighted by Gasteiger charge is -2.20. The highest BCUT2D eigenvalue weighted by Crippen LogP contribution is 2.14. The molecule has 1 heterocycles. The van der Waals surface area contributed by atoms with Crippen LogP contribution in [0.4, 0.5) is 0 Å². The number of carbonyl (C=O) groups excluding carboxylic acids is 1. The Kier molecular flexibility index (Phi) is 4.57. The maximum Gasteiger partial charge on any atom is 0.253 e. The quantitative estimate of drug-likeness (QED) is 0.372. The number of rotatable bonds is 4. The monoisotopic (exact) mass is 277 g/mol. The summed E-state index contributed by atoms with van der Waals surface area (Å²) in [5.41, 5.74) is 6.62. The second kappa shape index (κ2) is 6.38. The molecule has 0 radical (unpaired) electrons. The van der Waals surface area contributed by atoms with Gasteiger partial charge in [-0.05, 0) is 25.0 Å². The molecule has 3 N–H and O–H groups in total. The molecule has 0 aliphatic carbocycles. The maximum atomic E-state index is 12.2. The highest BCUT2D eigenvalue weighted by atomic mass is 16.5. The smallest absolute Gasteiger partial charge is 0.253 e. The second-order valence-corrected chi connectivity index (χ2v) is 4.88. The van der Waals surface area contributed by atoms with Crippen LogP contribution in [0, 0.1) is 0 Å². The summed E-state index contributed by atoms with van der Waals surface area (Å²) in [4.78, 5) is 13.9. The lowest BCUT2D eigenvalue weighted by atomic mass is 10.1. The standard InChI is InChI=1S/C14H19N3O3/c1-17(9-12-3-2-8-20-12)14(18)11-6-4-10(5-7-11)13(15)16-19/h4-7,12,19H,2-3,8-9H2,1H3,(H2,15,16). The number of carbonyl (C=O) groups is 1. The van der Waals surface area contributed by atoms with Gasteiger partial charge in [-0.15, -0.1) is 0 Å². The van der Waals surface area contributed by atoms with E-state index in [-0.39, 0.29) is 17.8 Å². The molecule has 1 aromatic rings. The van der Waals surface area contributed by atoms with Crippen molar-refractivity contribution in [3.05, 3.63) is 35.4 Å². The minimum atomic E-state index is -0.0634. The van der Waals surface area contributed by atoms with Crippen molar-refractivity contribution in [2.75, 3.05) is 20.2 Å². The Morgan fingerprint density at radius 2 is 2.10 bits per heavy atom. The maximum absolute atomic E-state index is 12.2. The van der Waals surface area contributed by atoms with E-state index in [9.17, 15) is 4.79 Å². The molecule has 1 aliphatic heterocycles. The lowest BCUT2D eigenvalue weighted by Crippen LogP contribution is -2.34. The normalized spacial score (nSPS) is 19.1. The molecule has 1 aliphatic rings. The summed E-state index contributed by atoms with van der Waals surface area (Å²) in [5, 5.41) is 11.5. The molecule has 0 bridgehead atoms. The fraction of sp³-hybridized carbons (Fsp3) is 0.429. The van der Waals surface area contributed by atoms with Crippen LogP contribution in [0.1, 0.15) is 28.8 Å². The third kappa shape index (κ3) is 3.27. The van der Waals surface area contributed by atoms with E-state index in [0.29, 0.717) is 17.7 Å². The molecule has 108 valence electrons. The van der Waals surface area contributed by atoms with Gasteiger partial charge in [0.1, 0.15) is 0 Å². The summed E-state index contributed by atoms with van der Waals surface area (Å²) in [5.74, 6) is -0.0386. The van der Waals surface area contributed by atoms with E-state index in [1.54, 1.807) is 36.2 Å². The molecule has 1 amide bonds. The van der Waals surface area contributed by atoms with E-state index in [0.717, 1.165) is 19.4 Å². The van der Waals surface area contributed by atoms with Gasteiger partial charge in [0.05, 0.1) is 6.10 Å². The number of nitrogens with zero attached hydrogens (tertiary/aromatic N) is 2. The Morgan fingerprint density at radius 3 is 2.65 bits per heavy atom. The van der Waals surface area contributed by atoms with Crippen LogP contribution < -0.4 is 5.73 Å². The van der Waals surface area contributed by atoms with E-state index < -0.39 is 0 Å². The summed E-state index contributed by atoms with van der Waals surface area (Å²) in [6, 6.07) is 6.65. The molecule has 1 saturated heterocycles. The van der Waals surface area contributed by atoms with Crippen molar-refractivity contribution in [3.8, 4) is 0 Å². The highest BCUT2D eigenvalue weighted by Gasteiger charge is 2.20. The van der Waals surface area contributed by atoms with Gasteiger partial charge in [0.2, 0.25) is 0 Å². The number of amidine groups is 1. The van der Waals surface area contributed by atoms with Crippen molar-refractivity contribution >= 4 is 11.7 Å². The molecule has 0 saturated carbocycles. The first-order valence-electron chi connectivity index (χ1n) is 6.57. The van der Waals surface area contributed by atoms with Gasteiger partial charge in [-0.3, -0.25) is 4.79 Å². The third-order valence-corrected chi connectivity index (χ3v) is 3.38. The van der Waals surface area contributed by atoms with E-state index in [4.69, 9.17) is 15.7 Å². The number of nitrogens with two attached hydrogens (primary N) is 1. The molecule has 1 atom stereocenters. The largest absolute Gasteiger partial charge is 0.409 e. The molecule has 20 heavy (non-hydrogen) atoms. The van der Waals surface area contributed by atoms with Gasteiger partial charge < -0.3 is 20.6 Å². The molecule has 1 unspecified atom stereocenters. The van der Waals surface area contributed by atoms with Gasteiger partial charge in [-0.2, -0.15) is 0 Å². The Labute approximate surface area is 117 Å². The fourth-order valence-electron chi connectivity index (χ4n) is 2.24. The summed E-state index contributed by atoms with van der Waals surface area (Å²) in [6.45, 7) is 1.38. The van der Waals surface area contributed by atoms with Crippen molar-refractivity contribution in [1.29, 1.82) is 0 Å². The van der Waals surface area contributed by atoms with E-state index in [1.165, 1.54) is 0 Å². The summed E-state index contributed by atoms with van der Waals surface area (Å²) in [7, 11) is 1.77. The predicted molar refractivity (Wildman–Crippen MR) is 74.9 cm³/mol. The Hall–Kier alpha value is -2.08. The summed E-state index contributed by atoms with van der Waals surface area (Å²) < 4.78 is 5.52. The van der Waals surface area contributed by atoms with Crippen LogP contribution in [-0.4, -0.2) is 48.2 Å². The molecule has 1 aromatic carbocycles. The number of likely N-dealkylation sites (N-methyl/N-ethyl adjacent to an activating group) is 1. The average Bonchev–Trinajstić information content (AvgIpc) is 2.98.